The summed E-state index contributed by atoms with van der Waals surface area (Å²) in [5.74, 6) is -1.04. The summed E-state index contributed by atoms with van der Waals surface area (Å²) in [7, 11) is 4.00. The van der Waals surface area contributed by atoms with Gasteiger partial charge in [0.05, 0.1) is 5.56 Å². The molecule has 2 aromatic carbocycles. The largest absolute Gasteiger partial charge is 0.371 e. The van der Waals surface area contributed by atoms with Crippen molar-refractivity contribution in [3.8, 4) is 0 Å². The zero-order valence-electron chi connectivity index (χ0n) is 17.6. The lowest BCUT2D eigenvalue weighted by molar-refractivity contribution is 0.0951. The molecule has 0 aromatic heterocycles. The Hall–Kier alpha value is -2.93. The summed E-state index contributed by atoms with van der Waals surface area (Å²) in [6, 6.07) is 10.9. The first kappa shape index (κ1) is 21.8. The van der Waals surface area contributed by atoms with Crippen molar-refractivity contribution in [2.45, 2.75) is 19.3 Å². The van der Waals surface area contributed by atoms with Gasteiger partial charge in [0, 0.05) is 36.6 Å². The highest BCUT2D eigenvalue weighted by Crippen LogP contribution is 2.28. The molecule has 2 amide bonds. The minimum absolute atomic E-state index is 0.155. The number of carbonyl (C=O) groups is 2. The summed E-state index contributed by atoms with van der Waals surface area (Å²) in [5, 5.41) is 5.75. The number of hydrogen-bond acceptors (Lipinski definition) is 4. The third-order valence-electron chi connectivity index (χ3n) is 5.10. The van der Waals surface area contributed by atoms with Gasteiger partial charge in [-0.2, -0.15) is 0 Å². The van der Waals surface area contributed by atoms with Gasteiger partial charge in [-0.1, -0.05) is 6.07 Å². The standard InChI is InChI=1S/C23H29FN4O2/c1-27(2)12-6-11-25-23(30)20-16-19(9-10-21(20)28-13-3-4-14-28)26-22(29)17-7-5-8-18(24)15-17/h5,7-10,15-16H,3-4,6,11-14H2,1-2H3,(H,25,30)(H,26,29). The number of anilines is 2. The molecule has 0 saturated carbocycles. The number of nitrogens with one attached hydrogen (secondary N) is 2. The Labute approximate surface area is 177 Å². The lowest BCUT2D eigenvalue weighted by atomic mass is 10.1. The third-order valence-corrected chi connectivity index (χ3v) is 5.10. The average molecular weight is 413 g/mol. The molecule has 1 saturated heterocycles. The molecule has 1 heterocycles. The van der Waals surface area contributed by atoms with Crippen LogP contribution in [0.1, 0.15) is 40.0 Å². The van der Waals surface area contributed by atoms with Crippen LogP contribution in [0.5, 0.6) is 0 Å². The van der Waals surface area contributed by atoms with E-state index >= 15 is 0 Å². The van der Waals surface area contributed by atoms with Crippen LogP contribution in [0.2, 0.25) is 0 Å². The monoisotopic (exact) mass is 412 g/mol. The number of rotatable bonds is 8. The number of carbonyl (C=O) groups excluding carboxylic acids is 2. The van der Waals surface area contributed by atoms with Gasteiger partial charge in [0.15, 0.2) is 0 Å². The lowest BCUT2D eigenvalue weighted by Gasteiger charge is -2.22. The molecular formula is C23H29FN4O2. The predicted molar refractivity (Wildman–Crippen MR) is 118 cm³/mol. The van der Waals surface area contributed by atoms with Crippen molar-refractivity contribution in [2.24, 2.45) is 0 Å². The Morgan fingerprint density at radius 1 is 1.07 bits per heavy atom. The molecule has 1 aliphatic heterocycles. The van der Waals surface area contributed by atoms with Crippen molar-refractivity contribution in [1.82, 2.24) is 10.2 Å². The summed E-state index contributed by atoms with van der Waals surface area (Å²) in [4.78, 5) is 29.7. The van der Waals surface area contributed by atoms with E-state index in [-0.39, 0.29) is 11.5 Å². The van der Waals surface area contributed by atoms with Crippen LogP contribution in [0.3, 0.4) is 0 Å². The quantitative estimate of drug-likeness (QED) is 0.653. The van der Waals surface area contributed by atoms with Crippen LogP contribution >= 0.6 is 0 Å². The van der Waals surface area contributed by atoms with Gasteiger partial charge in [0.25, 0.3) is 11.8 Å². The molecule has 0 atom stereocenters. The minimum atomic E-state index is -0.468. The fourth-order valence-corrected chi connectivity index (χ4v) is 3.55. The number of halogens is 1. The topological polar surface area (TPSA) is 64.7 Å². The maximum Gasteiger partial charge on any atom is 0.255 e. The maximum atomic E-state index is 13.4. The van der Waals surface area contributed by atoms with E-state index in [0.717, 1.165) is 44.6 Å². The van der Waals surface area contributed by atoms with E-state index in [1.807, 2.05) is 20.2 Å². The molecule has 1 fully saturated rings. The zero-order valence-corrected chi connectivity index (χ0v) is 17.6. The van der Waals surface area contributed by atoms with Gasteiger partial charge in [0.1, 0.15) is 5.82 Å². The summed E-state index contributed by atoms with van der Waals surface area (Å²) < 4.78 is 13.4. The Morgan fingerprint density at radius 3 is 2.53 bits per heavy atom. The van der Waals surface area contributed by atoms with Crippen LogP contribution in [0.15, 0.2) is 42.5 Å². The first-order valence-corrected chi connectivity index (χ1v) is 10.3. The van der Waals surface area contributed by atoms with E-state index in [1.54, 1.807) is 18.2 Å². The molecule has 2 aromatic rings. The van der Waals surface area contributed by atoms with Crippen molar-refractivity contribution in [1.29, 1.82) is 0 Å². The van der Waals surface area contributed by atoms with Gasteiger partial charge >= 0.3 is 0 Å². The Bertz CT molecular complexity index is 895. The molecule has 3 rings (SSSR count). The average Bonchev–Trinajstić information content (AvgIpc) is 3.25. The Morgan fingerprint density at radius 2 is 1.83 bits per heavy atom. The zero-order chi connectivity index (χ0) is 21.5. The first-order valence-electron chi connectivity index (χ1n) is 10.3. The Kier molecular flexibility index (Phi) is 7.41. The van der Waals surface area contributed by atoms with E-state index in [9.17, 15) is 14.0 Å². The van der Waals surface area contributed by atoms with Gasteiger partial charge < -0.3 is 20.4 Å². The van der Waals surface area contributed by atoms with E-state index < -0.39 is 11.7 Å². The first-order chi connectivity index (χ1) is 14.4. The highest BCUT2D eigenvalue weighted by Gasteiger charge is 2.20. The van der Waals surface area contributed by atoms with Crippen molar-refractivity contribution in [2.75, 3.05) is 50.5 Å². The van der Waals surface area contributed by atoms with Gasteiger partial charge in [-0.15, -0.1) is 0 Å². The molecule has 2 N–H and O–H groups in total. The molecule has 160 valence electrons. The molecule has 30 heavy (non-hydrogen) atoms. The summed E-state index contributed by atoms with van der Waals surface area (Å²) in [6.07, 6.45) is 3.05. The number of amides is 2. The fourth-order valence-electron chi connectivity index (χ4n) is 3.55. The molecule has 6 nitrogen and oxygen atoms in total. The molecule has 0 spiro atoms. The Balaban J connectivity index is 1.77. The second kappa shape index (κ2) is 10.2. The van der Waals surface area contributed by atoms with Crippen LogP contribution in [0, 0.1) is 5.82 Å². The smallest absolute Gasteiger partial charge is 0.255 e. The van der Waals surface area contributed by atoms with Crippen LogP contribution in [0.25, 0.3) is 0 Å². The lowest BCUT2D eigenvalue weighted by Crippen LogP contribution is -2.29. The van der Waals surface area contributed by atoms with Crippen LogP contribution in [-0.4, -0.2) is 57.0 Å². The number of hydrogen-bond donors (Lipinski definition) is 2. The van der Waals surface area contributed by atoms with E-state index in [2.05, 4.69) is 20.4 Å². The van der Waals surface area contributed by atoms with Crippen molar-refractivity contribution in [3.63, 3.8) is 0 Å². The molecule has 1 aliphatic rings. The second-order valence-electron chi connectivity index (χ2n) is 7.80. The van der Waals surface area contributed by atoms with Crippen LogP contribution in [0.4, 0.5) is 15.8 Å². The minimum Gasteiger partial charge on any atom is -0.371 e. The van der Waals surface area contributed by atoms with E-state index in [0.29, 0.717) is 17.8 Å². The summed E-state index contributed by atoms with van der Waals surface area (Å²) in [5.41, 5.74) is 2.15. The van der Waals surface area contributed by atoms with Gasteiger partial charge in [-0.25, -0.2) is 4.39 Å². The molecule has 0 radical (unpaired) electrons. The number of nitrogens with zero attached hydrogens (tertiary/aromatic N) is 2. The molecular weight excluding hydrogens is 383 g/mol. The van der Waals surface area contributed by atoms with Gasteiger partial charge in [-0.3, -0.25) is 9.59 Å². The van der Waals surface area contributed by atoms with Gasteiger partial charge in [0.2, 0.25) is 0 Å². The van der Waals surface area contributed by atoms with Crippen molar-refractivity contribution < 1.29 is 14.0 Å². The van der Waals surface area contributed by atoms with Crippen LogP contribution in [-0.2, 0) is 0 Å². The number of benzene rings is 2. The highest BCUT2D eigenvalue weighted by atomic mass is 19.1. The van der Waals surface area contributed by atoms with Crippen molar-refractivity contribution >= 4 is 23.2 Å². The highest BCUT2D eigenvalue weighted by molar-refractivity contribution is 6.06. The maximum absolute atomic E-state index is 13.4. The van der Waals surface area contributed by atoms with Crippen LogP contribution < -0.4 is 15.5 Å². The SMILES string of the molecule is CN(C)CCCNC(=O)c1cc(NC(=O)c2cccc(F)c2)ccc1N1CCCC1. The molecule has 0 aliphatic carbocycles. The van der Waals surface area contributed by atoms with Gasteiger partial charge in [-0.05, 0) is 76.3 Å². The molecule has 0 unspecified atom stereocenters. The normalized spacial score (nSPS) is 13.5. The molecule has 0 bridgehead atoms. The fraction of sp³-hybridized carbons (Fsp3) is 0.391. The summed E-state index contributed by atoms with van der Waals surface area (Å²) >= 11 is 0. The molecule has 7 heteroatoms. The van der Waals surface area contributed by atoms with Crippen molar-refractivity contribution in [3.05, 3.63) is 59.4 Å². The third kappa shape index (κ3) is 5.79. The van der Waals surface area contributed by atoms with E-state index in [1.165, 1.54) is 18.2 Å². The summed E-state index contributed by atoms with van der Waals surface area (Å²) in [6.45, 7) is 3.30. The second-order valence-corrected chi connectivity index (χ2v) is 7.80. The van der Waals surface area contributed by atoms with E-state index in [4.69, 9.17) is 0 Å². The predicted octanol–water partition coefficient (Wildman–Crippen LogP) is 3.36.